The van der Waals surface area contributed by atoms with E-state index in [9.17, 15) is 14.3 Å². The summed E-state index contributed by atoms with van der Waals surface area (Å²) in [6.07, 6.45) is 3.76. The molecule has 182 valence electrons. The number of carbonyl (C=O) groups excluding carboxylic acids is 1. The van der Waals surface area contributed by atoms with Gasteiger partial charge in [-0.2, -0.15) is 4.98 Å². The Labute approximate surface area is 202 Å². The normalized spacial score (nSPS) is 15.7. The Kier molecular flexibility index (Phi) is 6.31. The van der Waals surface area contributed by atoms with Crippen LogP contribution in [-0.2, 0) is 18.4 Å². The van der Waals surface area contributed by atoms with Crippen molar-refractivity contribution in [1.29, 1.82) is 0 Å². The second kappa shape index (κ2) is 9.55. The van der Waals surface area contributed by atoms with Crippen LogP contribution in [0.15, 0.2) is 36.5 Å². The van der Waals surface area contributed by atoms with Crippen molar-refractivity contribution in [3.8, 4) is 0 Å². The van der Waals surface area contributed by atoms with Gasteiger partial charge in [-0.25, -0.2) is 14.4 Å². The molecule has 1 aromatic carbocycles. The third kappa shape index (κ3) is 4.80. The Balaban J connectivity index is 1.45. The molecule has 2 aromatic heterocycles. The maximum atomic E-state index is 14.5. The zero-order chi connectivity index (χ0) is 24.4. The van der Waals surface area contributed by atoms with Crippen molar-refractivity contribution in [2.24, 2.45) is 0 Å². The number of hydrogen-bond acceptors (Lipinski definition) is 8. The van der Waals surface area contributed by atoms with Crippen LogP contribution < -0.4 is 21.3 Å². The van der Waals surface area contributed by atoms with E-state index in [1.54, 1.807) is 0 Å². The highest BCUT2D eigenvalue weighted by atomic mass is 19.1. The number of rotatable bonds is 8. The molecule has 35 heavy (non-hydrogen) atoms. The second-order valence-corrected chi connectivity index (χ2v) is 8.94. The Morgan fingerprint density at radius 1 is 1.17 bits per heavy atom. The van der Waals surface area contributed by atoms with Crippen LogP contribution in [0.4, 0.5) is 27.7 Å². The molecule has 0 spiro atoms. The first kappa shape index (κ1) is 23.1. The summed E-state index contributed by atoms with van der Waals surface area (Å²) in [5.74, 6) is 0.0933. The third-order valence-corrected chi connectivity index (χ3v) is 6.47. The van der Waals surface area contributed by atoms with Crippen molar-refractivity contribution in [1.82, 2.24) is 25.6 Å². The number of pyridine rings is 1. The molecule has 5 rings (SSSR count). The highest BCUT2D eigenvalue weighted by Crippen LogP contribution is 2.48. The van der Waals surface area contributed by atoms with Crippen LogP contribution in [0.2, 0.25) is 0 Å². The van der Waals surface area contributed by atoms with E-state index in [0.717, 1.165) is 25.2 Å². The first-order chi connectivity index (χ1) is 17.0. The van der Waals surface area contributed by atoms with Gasteiger partial charge < -0.3 is 26.4 Å². The van der Waals surface area contributed by atoms with E-state index in [4.69, 9.17) is 0 Å². The van der Waals surface area contributed by atoms with Gasteiger partial charge in [-0.3, -0.25) is 4.79 Å². The van der Waals surface area contributed by atoms with Crippen LogP contribution in [0.25, 0.3) is 0 Å². The van der Waals surface area contributed by atoms with E-state index in [2.05, 4.69) is 48.4 Å². The van der Waals surface area contributed by atoms with E-state index >= 15 is 0 Å². The number of benzene rings is 1. The Bertz CT molecular complexity index is 1260. The molecule has 0 bridgehead atoms. The van der Waals surface area contributed by atoms with Crippen molar-refractivity contribution in [3.63, 3.8) is 0 Å². The quantitative estimate of drug-likeness (QED) is 0.336. The maximum absolute atomic E-state index is 14.5. The third-order valence-electron chi connectivity index (χ3n) is 6.47. The molecule has 2 aliphatic rings. The average molecular weight is 478 g/mol. The predicted molar refractivity (Wildman–Crippen MR) is 131 cm³/mol. The molecule has 10 heteroatoms. The fourth-order valence-electron chi connectivity index (χ4n) is 4.27. The lowest BCUT2D eigenvalue weighted by atomic mass is 10.0. The number of amides is 1. The molecule has 0 saturated heterocycles. The number of nitrogens with one attached hydrogen (secondary N) is 4. The van der Waals surface area contributed by atoms with Gasteiger partial charge in [0.2, 0.25) is 5.95 Å². The van der Waals surface area contributed by atoms with Crippen LogP contribution >= 0.6 is 0 Å². The predicted octanol–water partition coefficient (Wildman–Crippen LogP) is 2.92. The number of hydrogen-bond donors (Lipinski definition) is 5. The van der Waals surface area contributed by atoms with E-state index in [1.807, 2.05) is 13.0 Å². The minimum atomic E-state index is -0.634. The summed E-state index contributed by atoms with van der Waals surface area (Å²) in [5.41, 5.74) is 3.22. The van der Waals surface area contributed by atoms with E-state index in [1.165, 1.54) is 29.5 Å². The van der Waals surface area contributed by atoms with Crippen molar-refractivity contribution < 1.29 is 14.3 Å². The van der Waals surface area contributed by atoms with Crippen LogP contribution in [0, 0.1) is 5.82 Å². The van der Waals surface area contributed by atoms with Gasteiger partial charge in [0.1, 0.15) is 23.0 Å². The zero-order valence-electron chi connectivity index (χ0n) is 19.5. The van der Waals surface area contributed by atoms with Crippen LogP contribution in [0.5, 0.6) is 0 Å². The molecular formula is C25H28FN7O2. The number of fused-ring (bicyclic) bond motifs is 1. The molecular weight excluding hydrogens is 449 g/mol. The van der Waals surface area contributed by atoms with Gasteiger partial charge in [-0.1, -0.05) is 6.07 Å². The lowest BCUT2D eigenvalue weighted by Crippen LogP contribution is -2.24. The lowest BCUT2D eigenvalue weighted by molar-refractivity contribution is 0.0956. The number of aliphatic hydroxyl groups excluding tert-OH is 1. The van der Waals surface area contributed by atoms with Gasteiger partial charge in [-0.15, -0.1) is 0 Å². The molecule has 3 aromatic rings. The summed E-state index contributed by atoms with van der Waals surface area (Å²) in [7, 11) is 0. The summed E-state index contributed by atoms with van der Waals surface area (Å²) in [6.45, 7) is 3.90. The van der Waals surface area contributed by atoms with Gasteiger partial charge in [0, 0.05) is 30.4 Å². The van der Waals surface area contributed by atoms with Crippen LogP contribution in [0.1, 0.15) is 46.9 Å². The van der Waals surface area contributed by atoms with Gasteiger partial charge in [-0.05, 0) is 68.1 Å². The SMILES string of the molecule is CCNC(=O)c1cnc(Nc2ccc3c(c2)CCNC3)nc1Nc1ccc(F)c(C2(CO)CC2)n1. The van der Waals surface area contributed by atoms with Crippen molar-refractivity contribution in [3.05, 3.63) is 64.7 Å². The molecule has 3 heterocycles. The Morgan fingerprint density at radius 2 is 2.03 bits per heavy atom. The average Bonchev–Trinajstić information content (AvgIpc) is 3.67. The van der Waals surface area contributed by atoms with Gasteiger partial charge in [0.15, 0.2) is 0 Å². The molecule has 5 N–H and O–H groups in total. The first-order valence-electron chi connectivity index (χ1n) is 11.8. The summed E-state index contributed by atoms with van der Waals surface area (Å²) in [6, 6.07) is 8.93. The number of nitrogens with zero attached hydrogens (tertiary/aromatic N) is 3. The topological polar surface area (TPSA) is 124 Å². The Morgan fingerprint density at radius 3 is 2.80 bits per heavy atom. The number of halogens is 1. The molecule has 1 saturated carbocycles. The van der Waals surface area contributed by atoms with Crippen molar-refractivity contribution in [2.45, 2.75) is 38.1 Å². The van der Waals surface area contributed by atoms with Gasteiger partial charge in [0.25, 0.3) is 5.91 Å². The summed E-state index contributed by atoms with van der Waals surface area (Å²) < 4.78 is 14.5. The van der Waals surface area contributed by atoms with E-state index < -0.39 is 11.2 Å². The van der Waals surface area contributed by atoms with Crippen LogP contribution in [0.3, 0.4) is 0 Å². The maximum Gasteiger partial charge on any atom is 0.256 e. The number of anilines is 4. The highest BCUT2D eigenvalue weighted by Gasteiger charge is 2.47. The summed E-state index contributed by atoms with van der Waals surface area (Å²) in [4.78, 5) is 25.9. The van der Waals surface area contributed by atoms with Crippen LogP contribution in [-0.4, -0.2) is 45.7 Å². The summed E-state index contributed by atoms with van der Waals surface area (Å²) >= 11 is 0. The van der Waals surface area contributed by atoms with Crippen molar-refractivity contribution >= 4 is 29.2 Å². The second-order valence-electron chi connectivity index (χ2n) is 8.94. The van der Waals surface area contributed by atoms with E-state index in [-0.39, 0.29) is 29.6 Å². The number of aromatic nitrogens is 3. The smallest absolute Gasteiger partial charge is 0.256 e. The largest absolute Gasteiger partial charge is 0.395 e. The molecule has 1 aliphatic heterocycles. The monoisotopic (exact) mass is 477 g/mol. The fourth-order valence-corrected chi connectivity index (χ4v) is 4.27. The first-order valence-corrected chi connectivity index (χ1v) is 11.8. The molecule has 9 nitrogen and oxygen atoms in total. The number of carbonyl (C=O) groups is 1. The standard InChI is InChI=1S/C25H28FN7O2/c1-2-28-23(35)18-13-29-24(30-17-4-3-16-12-27-10-7-15(16)11-17)33-22(18)32-20-6-5-19(26)21(31-20)25(14-34)8-9-25/h3-6,11,13,27,34H,2,7-10,12,14H2,1H3,(H,28,35)(H2,29,30,31,32,33). The fraction of sp³-hybridized carbons (Fsp3) is 0.360. The molecule has 0 radical (unpaired) electrons. The lowest BCUT2D eigenvalue weighted by Gasteiger charge is -2.18. The molecule has 0 unspecified atom stereocenters. The zero-order valence-corrected chi connectivity index (χ0v) is 19.5. The Hall–Kier alpha value is -3.63. The summed E-state index contributed by atoms with van der Waals surface area (Å²) in [5, 5.41) is 22.1. The molecule has 1 fully saturated rings. The van der Waals surface area contributed by atoms with Crippen molar-refractivity contribution in [2.75, 3.05) is 30.3 Å². The molecule has 1 amide bonds. The van der Waals surface area contributed by atoms with Gasteiger partial charge in [0.05, 0.1) is 12.3 Å². The molecule has 1 aliphatic carbocycles. The minimum absolute atomic E-state index is 0.164. The highest BCUT2D eigenvalue weighted by molar-refractivity contribution is 5.99. The van der Waals surface area contributed by atoms with Gasteiger partial charge >= 0.3 is 0 Å². The minimum Gasteiger partial charge on any atom is -0.395 e. The number of aliphatic hydroxyl groups is 1. The van der Waals surface area contributed by atoms with E-state index in [0.29, 0.717) is 31.2 Å². The molecule has 0 atom stereocenters.